The third-order valence-corrected chi connectivity index (χ3v) is 4.57. The summed E-state index contributed by atoms with van der Waals surface area (Å²) in [6, 6.07) is 10.00. The number of benzene rings is 1. The number of nitrogens with one attached hydrogen (secondary N) is 3. The second kappa shape index (κ2) is 14.7. The molecule has 7 nitrogen and oxygen atoms in total. The minimum absolute atomic E-state index is 0. The highest BCUT2D eigenvalue weighted by Crippen LogP contribution is 2.13. The first kappa shape index (κ1) is 25.8. The van der Waals surface area contributed by atoms with Gasteiger partial charge in [-0.05, 0) is 56.4 Å². The van der Waals surface area contributed by atoms with E-state index < -0.39 is 0 Å². The Balaban J connectivity index is 0.00000450. The number of nitrogens with zero attached hydrogens (tertiary/aromatic N) is 1. The molecule has 8 heteroatoms. The van der Waals surface area contributed by atoms with Crippen LogP contribution in [-0.4, -0.2) is 45.7 Å². The molecule has 0 unspecified atom stereocenters. The van der Waals surface area contributed by atoms with Crippen LogP contribution in [0.3, 0.4) is 0 Å². The van der Waals surface area contributed by atoms with Gasteiger partial charge in [-0.15, -0.1) is 24.0 Å². The summed E-state index contributed by atoms with van der Waals surface area (Å²) in [4.78, 5) is 16.2. The summed E-state index contributed by atoms with van der Waals surface area (Å²) in [5.41, 5.74) is 2.16. The topological polar surface area (TPSA) is 87.9 Å². The Morgan fingerprint density at radius 3 is 2.27 bits per heavy atom. The van der Waals surface area contributed by atoms with Crippen molar-refractivity contribution in [2.24, 2.45) is 4.99 Å². The number of halogens is 1. The molecule has 166 valence electrons. The number of furan rings is 1. The van der Waals surface area contributed by atoms with Crippen LogP contribution in [-0.2, 0) is 6.42 Å². The number of ether oxygens (including phenoxy) is 1. The number of hydrogen-bond donors (Lipinski definition) is 3. The summed E-state index contributed by atoms with van der Waals surface area (Å²) in [6.07, 6.45) is 5.54. The van der Waals surface area contributed by atoms with Crippen LogP contribution < -0.4 is 20.7 Å². The van der Waals surface area contributed by atoms with E-state index in [1.165, 1.54) is 11.8 Å². The van der Waals surface area contributed by atoms with Crippen LogP contribution in [0.2, 0.25) is 0 Å². The van der Waals surface area contributed by atoms with Crippen molar-refractivity contribution < 1.29 is 13.9 Å². The number of amides is 1. The molecule has 30 heavy (non-hydrogen) atoms. The van der Waals surface area contributed by atoms with Crippen molar-refractivity contribution in [2.75, 3.05) is 33.8 Å². The number of carbonyl (C=O) groups excluding carboxylic acids is 1. The second-order valence-electron chi connectivity index (χ2n) is 6.77. The molecule has 0 spiro atoms. The maximum absolute atomic E-state index is 11.9. The fourth-order valence-electron chi connectivity index (χ4n) is 2.86. The number of unbranched alkanes of at least 4 members (excludes halogenated alkanes) is 1. The molecule has 0 aliphatic rings. The molecule has 2 aromatic rings. The number of aliphatic imine (C=N–C) groups is 1. The molecule has 0 fully saturated rings. The van der Waals surface area contributed by atoms with Gasteiger partial charge in [-0.2, -0.15) is 0 Å². The van der Waals surface area contributed by atoms with Gasteiger partial charge in [-0.1, -0.05) is 12.1 Å². The maximum Gasteiger partial charge on any atom is 0.287 e. The number of hydrogen-bond acceptors (Lipinski definition) is 4. The van der Waals surface area contributed by atoms with Crippen molar-refractivity contribution in [2.45, 2.75) is 32.6 Å². The van der Waals surface area contributed by atoms with Crippen molar-refractivity contribution in [3.05, 3.63) is 53.5 Å². The van der Waals surface area contributed by atoms with E-state index in [-0.39, 0.29) is 29.9 Å². The third kappa shape index (κ3) is 9.06. The normalized spacial score (nSPS) is 10.8. The Bertz CT molecular complexity index is 775. The quantitative estimate of drug-likeness (QED) is 0.180. The molecule has 1 heterocycles. The van der Waals surface area contributed by atoms with E-state index in [1.807, 2.05) is 19.1 Å². The number of rotatable bonds is 11. The summed E-state index contributed by atoms with van der Waals surface area (Å²) in [7, 11) is 3.44. The average Bonchev–Trinajstić information content (AvgIpc) is 3.18. The van der Waals surface area contributed by atoms with Gasteiger partial charge in [0.1, 0.15) is 5.75 Å². The Morgan fingerprint density at radius 1 is 1.00 bits per heavy atom. The van der Waals surface area contributed by atoms with Crippen LogP contribution in [0.15, 0.2) is 46.0 Å². The van der Waals surface area contributed by atoms with Crippen molar-refractivity contribution in [1.29, 1.82) is 0 Å². The molecular formula is C22H33IN4O3. The van der Waals surface area contributed by atoms with Crippen LogP contribution in [0.4, 0.5) is 0 Å². The number of carbonyl (C=O) groups is 1. The van der Waals surface area contributed by atoms with E-state index in [0.29, 0.717) is 12.3 Å². The molecule has 2 rings (SSSR count). The monoisotopic (exact) mass is 528 g/mol. The number of aryl methyl sites for hydroxylation is 2. The predicted octanol–water partition coefficient (Wildman–Crippen LogP) is 3.52. The van der Waals surface area contributed by atoms with Gasteiger partial charge < -0.3 is 25.1 Å². The van der Waals surface area contributed by atoms with Gasteiger partial charge in [0, 0.05) is 32.2 Å². The van der Waals surface area contributed by atoms with Crippen molar-refractivity contribution in [3.63, 3.8) is 0 Å². The third-order valence-electron chi connectivity index (χ3n) is 4.57. The van der Waals surface area contributed by atoms with E-state index in [4.69, 9.17) is 9.15 Å². The summed E-state index contributed by atoms with van der Waals surface area (Å²) >= 11 is 0. The lowest BCUT2D eigenvalue weighted by atomic mass is 10.1. The molecule has 0 atom stereocenters. The molecule has 0 bridgehead atoms. The highest BCUT2D eigenvalue weighted by atomic mass is 127. The van der Waals surface area contributed by atoms with E-state index in [2.05, 4.69) is 33.1 Å². The van der Waals surface area contributed by atoms with Crippen molar-refractivity contribution in [3.8, 4) is 5.75 Å². The summed E-state index contributed by atoms with van der Waals surface area (Å²) < 4.78 is 10.4. The smallest absolute Gasteiger partial charge is 0.287 e. The van der Waals surface area contributed by atoms with Gasteiger partial charge in [0.25, 0.3) is 5.91 Å². The second-order valence-corrected chi connectivity index (χ2v) is 6.77. The molecule has 0 radical (unpaired) electrons. The highest BCUT2D eigenvalue weighted by molar-refractivity contribution is 14.0. The minimum Gasteiger partial charge on any atom is -0.497 e. The standard InChI is InChI=1S/C22H32N4O3.HI/c1-17-12-16-29-20(17)21(27)24-14-6-15-26-22(23-2)25-13-5-4-7-18-8-10-19(28-3)11-9-18;/h8-12,16H,4-7,13-15H2,1-3H3,(H,24,27)(H2,23,25,26);1H. The summed E-state index contributed by atoms with van der Waals surface area (Å²) in [5, 5.41) is 9.44. The van der Waals surface area contributed by atoms with E-state index in [0.717, 1.165) is 56.0 Å². The summed E-state index contributed by atoms with van der Waals surface area (Å²) in [6.45, 7) is 4.02. The van der Waals surface area contributed by atoms with Gasteiger partial charge >= 0.3 is 0 Å². The molecule has 1 aromatic carbocycles. The van der Waals surface area contributed by atoms with Gasteiger partial charge in [0.2, 0.25) is 0 Å². The van der Waals surface area contributed by atoms with Gasteiger partial charge in [0.05, 0.1) is 13.4 Å². The average molecular weight is 528 g/mol. The number of guanidine groups is 1. The lowest BCUT2D eigenvalue weighted by Crippen LogP contribution is -2.39. The zero-order valence-electron chi connectivity index (χ0n) is 18.0. The molecule has 0 saturated heterocycles. The largest absolute Gasteiger partial charge is 0.497 e. The summed E-state index contributed by atoms with van der Waals surface area (Å²) in [5.74, 6) is 1.88. The Kier molecular flexibility index (Phi) is 12.6. The molecule has 1 aromatic heterocycles. The molecule has 1 amide bonds. The van der Waals surface area contributed by atoms with Crippen molar-refractivity contribution >= 4 is 35.8 Å². The lowest BCUT2D eigenvalue weighted by molar-refractivity contribution is 0.0925. The van der Waals surface area contributed by atoms with E-state index >= 15 is 0 Å². The zero-order valence-corrected chi connectivity index (χ0v) is 20.3. The SMILES string of the molecule is CN=C(NCCCCc1ccc(OC)cc1)NCCCNC(=O)c1occc1C.I. The highest BCUT2D eigenvalue weighted by Gasteiger charge is 2.11. The lowest BCUT2D eigenvalue weighted by Gasteiger charge is -2.12. The molecule has 0 aliphatic carbocycles. The fraction of sp³-hybridized carbons (Fsp3) is 0.455. The van der Waals surface area contributed by atoms with Crippen LogP contribution in [0, 0.1) is 6.92 Å². The van der Waals surface area contributed by atoms with E-state index in [9.17, 15) is 4.79 Å². The molecule has 0 saturated carbocycles. The molecule has 0 aliphatic heterocycles. The van der Waals surface area contributed by atoms with Crippen LogP contribution in [0.25, 0.3) is 0 Å². The first-order valence-corrected chi connectivity index (χ1v) is 10.0. The van der Waals surface area contributed by atoms with Crippen LogP contribution >= 0.6 is 24.0 Å². The minimum atomic E-state index is -0.174. The van der Waals surface area contributed by atoms with Gasteiger partial charge in [-0.25, -0.2) is 0 Å². The van der Waals surface area contributed by atoms with Crippen molar-refractivity contribution in [1.82, 2.24) is 16.0 Å². The van der Waals surface area contributed by atoms with Crippen LogP contribution in [0.1, 0.15) is 40.9 Å². The Morgan fingerprint density at radius 2 is 1.67 bits per heavy atom. The first-order valence-electron chi connectivity index (χ1n) is 10.0. The number of methoxy groups -OCH3 is 1. The Labute approximate surface area is 196 Å². The van der Waals surface area contributed by atoms with Gasteiger partial charge in [-0.3, -0.25) is 9.79 Å². The fourth-order valence-corrected chi connectivity index (χ4v) is 2.86. The van der Waals surface area contributed by atoms with Gasteiger partial charge in [0.15, 0.2) is 11.7 Å². The van der Waals surface area contributed by atoms with E-state index in [1.54, 1.807) is 20.2 Å². The first-order chi connectivity index (χ1) is 14.1. The predicted molar refractivity (Wildman–Crippen MR) is 131 cm³/mol. The zero-order chi connectivity index (χ0) is 20.9. The molecule has 3 N–H and O–H groups in total. The maximum atomic E-state index is 11.9. The van der Waals surface area contributed by atoms with Crippen LogP contribution in [0.5, 0.6) is 5.75 Å². The Hall–Kier alpha value is -2.23. The molecular weight excluding hydrogens is 495 g/mol.